The standard InChI is InChI=1S/C11H16N4S2/c1-2-5-13-11(6-12,9-3-4-9)7-16-10-15-14-8-17-10/h8-9,13H,2-5,7H2,1H3. The Labute approximate surface area is 110 Å². The van der Waals surface area contributed by atoms with Crippen molar-refractivity contribution in [3.63, 3.8) is 0 Å². The fourth-order valence-electron chi connectivity index (χ4n) is 1.80. The van der Waals surface area contributed by atoms with E-state index in [0.717, 1.165) is 23.1 Å². The Balaban J connectivity index is 1.97. The fraction of sp³-hybridized carbons (Fsp3) is 0.727. The molecule has 0 saturated heterocycles. The number of nitrogens with one attached hydrogen (secondary N) is 1. The van der Waals surface area contributed by atoms with Crippen molar-refractivity contribution in [2.45, 2.75) is 36.1 Å². The Bertz CT molecular complexity index is 383. The monoisotopic (exact) mass is 268 g/mol. The highest BCUT2D eigenvalue weighted by Gasteiger charge is 2.45. The molecule has 0 aliphatic heterocycles. The van der Waals surface area contributed by atoms with Crippen LogP contribution in [0.5, 0.6) is 0 Å². The maximum atomic E-state index is 9.48. The Kier molecular flexibility index (Phi) is 4.37. The molecule has 1 aromatic heterocycles. The molecule has 2 rings (SSSR count). The predicted octanol–water partition coefficient (Wildman–Crippen LogP) is 2.30. The second-order valence-electron chi connectivity index (χ2n) is 4.28. The van der Waals surface area contributed by atoms with Gasteiger partial charge in [-0.15, -0.1) is 10.2 Å². The van der Waals surface area contributed by atoms with Crippen LogP contribution in [0.2, 0.25) is 0 Å². The van der Waals surface area contributed by atoms with E-state index in [1.54, 1.807) is 17.3 Å². The molecular formula is C11H16N4S2. The molecule has 0 amide bonds. The number of aromatic nitrogens is 2. The van der Waals surface area contributed by atoms with Gasteiger partial charge >= 0.3 is 0 Å². The quantitative estimate of drug-likeness (QED) is 0.769. The minimum absolute atomic E-state index is 0.369. The van der Waals surface area contributed by atoms with E-state index in [9.17, 15) is 5.26 Å². The normalized spacial score (nSPS) is 18.6. The van der Waals surface area contributed by atoms with Gasteiger partial charge in [0.1, 0.15) is 11.0 Å². The third-order valence-electron chi connectivity index (χ3n) is 2.93. The van der Waals surface area contributed by atoms with Crippen molar-refractivity contribution >= 4 is 23.1 Å². The van der Waals surface area contributed by atoms with Gasteiger partial charge in [-0.05, 0) is 31.7 Å². The van der Waals surface area contributed by atoms with Gasteiger partial charge < -0.3 is 0 Å². The molecule has 1 fully saturated rings. The first-order valence-corrected chi connectivity index (χ1v) is 7.72. The molecule has 1 saturated carbocycles. The maximum Gasteiger partial charge on any atom is 0.174 e. The number of thioether (sulfide) groups is 1. The molecule has 1 aromatic rings. The molecule has 92 valence electrons. The predicted molar refractivity (Wildman–Crippen MR) is 70.0 cm³/mol. The summed E-state index contributed by atoms with van der Waals surface area (Å²) >= 11 is 3.17. The van der Waals surface area contributed by atoms with Gasteiger partial charge in [0, 0.05) is 5.75 Å². The van der Waals surface area contributed by atoms with Crippen LogP contribution in [0.15, 0.2) is 9.85 Å². The highest BCUT2D eigenvalue weighted by molar-refractivity contribution is 8.01. The molecular weight excluding hydrogens is 252 g/mol. The van der Waals surface area contributed by atoms with Crippen molar-refractivity contribution in [1.29, 1.82) is 5.26 Å². The number of hydrogen-bond donors (Lipinski definition) is 1. The summed E-state index contributed by atoms with van der Waals surface area (Å²) in [5.74, 6) is 1.28. The lowest BCUT2D eigenvalue weighted by Gasteiger charge is -2.27. The molecule has 1 aliphatic rings. The summed E-state index contributed by atoms with van der Waals surface area (Å²) in [6.07, 6.45) is 3.39. The minimum atomic E-state index is -0.369. The zero-order valence-corrected chi connectivity index (χ0v) is 11.5. The summed E-state index contributed by atoms with van der Waals surface area (Å²) in [5.41, 5.74) is 1.36. The van der Waals surface area contributed by atoms with Gasteiger partial charge in [-0.25, -0.2) is 0 Å². The summed E-state index contributed by atoms with van der Waals surface area (Å²) in [6, 6.07) is 2.50. The molecule has 1 unspecified atom stereocenters. The fourth-order valence-corrected chi connectivity index (χ4v) is 3.52. The molecule has 0 spiro atoms. The lowest BCUT2D eigenvalue weighted by Crippen LogP contribution is -2.48. The minimum Gasteiger partial charge on any atom is -0.298 e. The van der Waals surface area contributed by atoms with Crippen molar-refractivity contribution in [3.8, 4) is 6.07 Å². The first-order valence-electron chi connectivity index (χ1n) is 5.86. The molecule has 0 bridgehead atoms. The molecule has 6 heteroatoms. The largest absolute Gasteiger partial charge is 0.298 e. The van der Waals surface area contributed by atoms with Crippen LogP contribution in [0, 0.1) is 17.2 Å². The molecule has 1 N–H and O–H groups in total. The van der Waals surface area contributed by atoms with Gasteiger partial charge in [-0.2, -0.15) is 5.26 Å². The molecule has 1 atom stereocenters. The molecule has 4 nitrogen and oxygen atoms in total. The Morgan fingerprint density at radius 3 is 3.06 bits per heavy atom. The topological polar surface area (TPSA) is 61.6 Å². The SMILES string of the molecule is CCCNC(C#N)(CSc1nncs1)C1CC1. The molecule has 0 radical (unpaired) electrons. The lowest BCUT2D eigenvalue weighted by atomic mass is 9.97. The highest BCUT2D eigenvalue weighted by atomic mass is 32.2. The smallest absolute Gasteiger partial charge is 0.174 e. The van der Waals surface area contributed by atoms with E-state index in [1.807, 2.05) is 0 Å². The summed E-state index contributed by atoms with van der Waals surface area (Å²) in [6.45, 7) is 3.03. The van der Waals surface area contributed by atoms with E-state index in [2.05, 4.69) is 28.5 Å². The summed E-state index contributed by atoms with van der Waals surface area (Å²) in [5, 5.41) is 20.7. The highest BCUT2D eigenvalue weighted by Crippen LogP contribution is 2.42. The van der Waals surface area contributed by atoms with Crippen molar-refractivity contribution in [1.82, 2.24) is 15.5 Å². The van der Waals surface area contributed by atoms with Gasteiger partial charge in [0.25, 0.3) is 0 Å². The van der Waals surface area contributed by atoms with E-state index in [1.165, 1.54) is 24.2 Å². The summed E-state index contributed by atoms with van der Waals surface area (Å²) < 4.78 is 0.948. The zero-order chi connectivity index (χ0) is 12.1. The second-order valence-corrected chi connectivity index (χ2v) is 6.33. The van der Waals surface area contributed by atoms with E-state index in [0.29, 0.717) is 5.92 Å². The zero-order valence-electron chi connectivity index (χ0n) is 9.85. The maximum absolute atomic E-state index is 9.48. The van der Waals surface area contributed by atoms with Crippen LogP contribution in [0.1, 0.15) is 26.2 Å². The van der Waals surface area contributed by atoms with E-state index < -0.39 is 0 Å². The van der Waals surface area contributed by atoms with Gasteiger partial charge in [-0.1, -0.05) is 30.0 Å². The van der Waals surface area contributed by atoms with Crippen molar-refractivity contribution < 1.29 is 0 Å². The van der Waals surface area contributed by atoms with Gasteiger partial charge in [0.2, 0.25) is 0 Å². The van der Waals surface area contributed by atoms with Crippen molar-refractivity contribution in [2.75, 3.05) is 12.3 Å². The van der Waals surface area contributed by atoms with Crippen LogP contribution in [0.25, 0.3) is 0 Å². The van der Waals surface area contributed by atoms with Crippen LogP contribution in [-0.4, -0.2) is 28.0 Å². The third-order valence-corrected chi connectivity index (χ3v) is 4.98. The lowest BCUT2D eigenvalue weighted by molar-refractivity contribution is 0.405. The van der Waals surface area contributed by atoms with E-state index in [4.69, 9.17) is 0 Å². The van der Waals surface area contributed by atoms with Crippen molar-refractivity contribution in [3.05, 3.63) is 5.51 Å². The van der Waals surface area contributed by atoms with E-state index >= 15 is 0 Å². The Morgan fingerprint density at radius 1 is 1.71 bits per heavy atom. The molecule has 1 aliphatic carbocycles. The van der Waals surface area contributed by atoms with E-state index in [-0.39, 0.29) is 5.54 Å². The number of nitrogens with zero attached hydrogens (tertiary/aromatic N) is 3. The first kappa shape index (κ1) is 12.8. The van der Waals surface area contributed by atoms with Gasteiger partial charge in [0.15, 0.2) is 4.34 Å². The van der Waals surface area contributed by atoms with Gasteiger partial charge in [-0.3, -0.25) is 5.32 Å². The summed E-state index contributed by atoms with van der Waals surface area (Å²) in [7, 11) is 0. The van der Waals surface area contributed by atoms with Crippen LogP contribution >= 0.6 is 23.1 Å². The molecule has 0 aromatic carbocycles. The molecule has 1 heterocycles. The van der Waals surface area contributed by atoms with Crippen LogP contribution < -0.4 is 5.32 Å². The second kappa shape index (κ2) is 5.80. The van der Waals surface area contributed by atoms with Crippen LogP contribution in [-0.2, 0) is 0 Å². The summed E-state index contributed by atoms with van der Waals surface area (Å²) in [4.78, 5) is 0. The average molecular weight is 268 g/mol. The van der Waals surface area contributed by atoms with Crippen molar-refractivity contribution in [2.24, 2.45) is 5.92 Å². The van der Waals surface area contributed by atoms with Crippen LogP contribution in [0.3, 0.4) is 0 Å². The average Bonchev–Trinajstić information content (AvgIpc) is 3.08. The number of nitriles is 1. The number of rotatable bonds is 7. The Morgan fingerprint density at radius 2 is 2.53 bits per heavy atom. The number of hydrogen-bond acceptors (Lipinski definition) is 6. The Hall–Kier alpha value is -0.640. The molecule has 17 heavy (non-hydrogen) atoms. The van der Waals surface area contributed by atoms with Gasteiger partial charge in [0.05, 0.1) is 6.07 Å². The first-order chi connectivity index (χ1) is 8.30. The van der Waals surface area contributed by atoms with Crippen LogP contribution in [0.4, 0.5) is 0 Å². The third kappa shape index (κ3) is 3.18.